The number of benzene rings is 1. The molecule has 0 spiro atoms. The van der Waals surface area contributed by atoms with Crippen molar-refractivity contribution < 1.29 is 24.5 Å². The highest BCUT2D eigenvalue weighted by Crippen LogP contribution is 2.38. The van der Waals surface area contributed by atoms with Crippen LogP contribution in [0.25, 0.3) is 16.5 Å². The van der Waals surface area contributed by atoms with Gasteiger partial charge in [0.1, 0.15) is 0 Å². The molecule has 27 heavy (non-hydrogen) atoms. The van der Waals surface area contributed by atoms with Gasteiger partial charge in [0.05, 0.1) is 20.8 Å². The van der Waals surface area contributed by atoms with Gasteiger partial charge in [-0.2, -0.15) is 0 Å². The Morgan fingerprint density at radius 1 is 0.852 bits per heavy atom. The summed E-state index contributed by atoms with van der Waals surface area (Å²) in [6, 6.07) is 2.47. The van der Waals surface area contributed by atoms with Crippen LogP contribution >= 0.6 is 0 Å². The molecule has 0 amide bonds. The highest BCUT2D eigenvalue weighted by atomic mass is 16.7. The molecule has 1 aliphatic carbocycles. The molecule has 0 N–H and O–H groups in total. The van der Waals surface area contributed by atoms with Crippen LogP contribution in [0.2, 0.25) is 0 Å². The molecule has 0 radical (unpaired) electrons. The number of carbonyl (C=O) groups excluding carboxylic acids is 1. The lowest BCUT2D eigenvalue weighted by Crippen LogP contribution is -2.40. The topological polar surface area (TPSA) is 203 Å². The quantitative estimate of drug-likeness (QED) is 0.551. The van der Waals surface area contributed by atoms with Gasteiger partial charge in [-0.05, 0) is 16.0 Å². The van der Waals surface area contributed by atoms with Crippen LogP contribution in [0, 0.1) is 40.5 Å². The summed E-state index contributed by atoms with van der Waals surface area (Å²) in [6.45, 7) is 0. The normalized spacial score (nSPS) is 16.1. The van der Waals surface area contributed by atoms with Crippen LogP contribution in [0.5, 0.6) is 0 Å². The van der Waals surface area contributed by atoms with Crippen LogP contribution in [0.1, 0.15) is 16.1 Å². The second kappa shape index (κ2) is 5.87. The molecule has 0 saturated heterocycles. The number of ketones is 1. The fraction of sp³-hybridized carbons (Fsp3) is 0.0769. The number of pyridine rings is 1. The summed E-state index contributed by atoms with van der Waals surface area (Å²) in [5, 5.41) is 44.8. The Hall–Kier alpha value is -4.36. The van der Waals surface area contributed by atoms with Gasteiger partial charge >= 0.3 is 23.3 Å². The van der Waals surface area contributed by atoms with Crippen LogP contribution in [-0.4, -0.2) is 36.5 Å². The van der Waals surface area contributed by atoms with E-state index < -0.39 is 60.0 Å². The van der Waals surface area contributed by atoms with E-state index in [1.807, 2.05) is 0 Å². The predicted octanol–water partition coefficient (Wildman–Crippen LogP) is 1.21. The number of aromatic nitrogens is 1. The van der Waals surface area contributed by atoms with Crippen molar-refractivity contribution in [2.45, 2.75) is 6.04 Å². The summed E-state index contributed by atoms with van der Waals surface area (Å²) in [6.07, 6.45) is 0. The Morgan fingerprint density at radius 2 is 1.44 bits per heavy atom. The Labute approximate surface area is 146 Å². The first kappa shape index (κ1) is 17.5. The molecule has 1 unspecified atom stereocenters. The summed E-state index contributed by atoms with van der Waals surface area (Å²) in [4.78, 5) is 56.3. The molecule has 14 heteroatoms. The number of nitrogens with zero attached hydrogens (tertiary/aromatic N) is 5. The van der Waals surface area contributed by atoms with Crippen molar-refractivity contribution in [1.29, 1.82) is 0 Å². The fourth-order valence-electron chi connectivity index (χ4n) is 2.88. The zero-order chi connectivity index (χ0) is 20.0. The van der Waals surface area contributed by atoms with Gasteiger partial charge in [0.2, 0.25) is 0 Å². The van der Waals surface area contributed by atoms with Gasteiger partial charge in [-0.3, -0.25) is 35.1 Å². The molecule has 3 rings (SSSR count). The van der Waals surface area contributed by atoms with Gasteiger partial charge in [0.15, 0.2) is 0 Å². The maximum Gasteiger partial charge on any atom is 0.409 e. The summed E-state index contributed by atoms with van der Waals surface area (Å²) < 4.78 is 0. The van der Waals surface area contributed by atoms with E-state index in [4.69, 9.17) is 0 Å². The SMILES string of the molecule is O=C1c2c(nc([N+](=O)[O-])c3ccccc23)C([N+](=O)[O-])=C([N+](=O)[O-])C1[N+](=O)[O-]. The lowest BCUT2D eigenvalue weighted by Gasteiger charge is -2.14. The molecular formula is C13H5N5O9. The molecule has 1 aliphatic rings. The van der Waals surface area contributed by atoms with Crippen molar-refractivity contribution in [3.8, 4) is 0 Å². The second-order valence-electron chi connectivity index (χ2n) is 5.26. The first-order chi connectivity index (χ1) is 12.7. The molecule has 1 heterocycles. The Bertz CT molecular complexity index is 1120. The van der Waals surface area contributed by atoms with E-state index in [1.54, 1.807) is 0 Å². The average molecular weight is 375 g/mol. The van der Waals surface area contributed by atoms with Gasteiger partial charge in [0.25, 0.3) is 11.5 Å². The van der Waals surface area contributed by atoms with Crippen molar-refractivity contribution in [3.63, 3.8) is 0 Å². The Balaban J connectivity index is 2.60. The van der Waals surface area contributed by atoms with E-state index in [9.17, 15) is 45.3 Å². The first-order valence-corrected chi connectivity index (χ1v) is 6.95. The highest BCUT2D eigenvalue weighted by molar-refractivity contribution is 6.16. The van der Waals surface area contributed by atoms with Crippen molar-refractivity contribution >= 4 is 28.1 Å². The lowest BCUT2D eigenvalue weighted by atomic mass is 9.88. The van der Waals surface area contributed by atoms with Crippen molar-refractivity contribution in [2.24, 2.45) is 0 Å². The van der Waals surface area contributed by atoms with E-state index in [1.165, 1.54) is 24.3 Å². The fourth-order valence-corrected chi connectivity index (χ4v) is 2.88. The van der Waals surface area contributed by atoms with E-state index in [0.29, 0.717) is 0 Å². The van der Waals surface area contributed by atoms with Gasteiger partial charge in [0, 0.05) is 10.3 Å². The molecule has 1 aromatic carbocycles. The molecule has 136 valence electrons. The van der Waals surface area contributed by atoms with E-state index in [0.717, 1.165) is 0 Å². The average Bonchev–Trinajstić information content (AvgIpc) is 2.59. The molecule has 0 fully saturated rings. The highest BCUT2D eigenvalue weighted by Gasteiger charge is 2.58. The molecule has 1 aromatic heterocycles. The number of hydrogen-bond acceptors (Lipinski definition) is 10. The zero-order valence-electron chi connectivity index (χ0n) is 12.8. The maximum atomic E-state index is 12.6. The molecule has 14 nitrogen and oxygen atoms in total. The standard InChI is InChI=1S/C13H5N5O9/c19-12-7-5-3-1-2-4-6(5)13(18(26)27)14-8(7)9(15(20)21)10(16(22)23)11(12)17(24)25/h1-4,11H. The van der Waals surface area contributed by atoms with Crippen LogP contribution in [0.15, 0.2) is 30.0 Å². The molecule has 0 bridgehead atoms. The van der Waals surface area contributed by atoms with Crippen molar-refractivity contribution in [2.75, 3.05) is 0 Å². The number of fused-ring (bicyclic) bond motifs is 3. The van der Waals surface area contributed by atoms with Crippen molar-refractivity contribution in [1.82, 2.24) is 4.98 Å². The number of hydrogen-bond donors (Lipinski definition) is 0. The zero-order valence-corrected chi connectivity index (χ0v) is 12.8. The minimum Gasteiger partial charge on any atom is -0.358 e. The van der Waals surface area contributed by atoms with Crippen LogP contribution in [-0.2, 0) is 0 Å². The molecular weight excluding hydrogens is 370 g/mol. The third-order valence-corrected chi connectivity index (χ3v) is 3.88. The van der Waals surface area contributed by atoms with Crippen molar-refractivity contribution in [3.05, 3.63) is 81.7 Å². The molecule has 1 atom stereocenters. The van der Waals surface area contributed by atoms with Crippen LogP contribution in [0.3, 0.4) is 0 Å². The first-order valence-electron chi connectivity index (χ1n) is 6.95. The second-order valence-corrected chi connectivity index (χ2v) is 5.26. The number of Topliss-reactive ketones (excluding diaryl/α,β-unsaturated/α-hetero) is 1. The maximum absolute atomic E-state index is 12.6. The molecule has 0 saturated carbocycles. The summed E-state index contributed by atoms with van der Waals surface area (Å²) in [5.74, 6) is -2.29. The summed E-state index contributed by atoms with van der Waals surface area (Å²) in [7, 11) is 0. The predicted molar refractivity (Wildman–Crippen MR) is 84.4 cm³/mol. The number of nitro groups is 4. The van der Waals surface area contributed by atoms with Crippen LogP contribution in [0.4, 0.5) is 5.82 Å². The number of rotatable bonds is 4. The Morgan fingerprint density at radius 3 is 1.93 bits per heavy atom. The van der Waals surface area contributed by atoms with Gasteiger partial charge < -0.3 is 10.1 Å². The third-order valence-electron chi connectivity index (χ3n) is 3.88. The third kappa shape index (κ3) is 2.43. The monoisotopic (exact) mass is 375 g/mol. The minimum atomic E-state index is -2.64. The Kier molecular flexibility index (Phi) is 3.79. The van der Waals surface area contributed by atoms with E-state index in [-0.39, 0.29) is 10.8 Å². The van der Waals surface area contributed by atoms with Gasteiger partial charge in [-0.15, -0.1) is 0 Å². The minimum absolute atomic E-state index is 0.191. The van der Waals surface area contributed by atoms with E-state index >= 15 is 0 Å². The van der Waals surface area contributed by atoms with Gasteiger partial charge in [-0.1, -0.05) is 18.2 Å². The van der Waals surface area contributed by atoms with E-state index in [2.05, 4.69) is 4.98 Å². The van der Waals surface area contributed by atoms with Gasteiger partial charge in [-0.25, -0.2) is 0 Å². The molecule has 0 aliphatic heterocycles. The summed E-state index contributed by atoms with van der Waals surface area (Å²) >= 11 is 0. The molecule has 2 aromatic rings. The number of carbonyl (C=O) groups is 1. The van der Waals surface area contributed by atoms with Crippen LogP contribution < -0.4 is 0 Å². The summed E-state index contributed by atoms with van der Waals surface area (Å²) in [5.41, 5.74) is -4.61. The largest absolute Gasteiger partial charge is 0.409 e. The smallest absolute Gasteiger partial charge is 0.358 e. The lowest BCUT2D eigenvalue weighted by molar-refractivity contribution is -0.544.